The molecular formula is C36H64O21. The van der Waals surface area contributed by atoms with Crippen molar-refractivity contribution in [3.05, 3.63) is 0 Å². The zero-order chi connectivity index (χ0) is 41.2. The van der Waals surface area contributed by atoms with E-state index in [2.05, 4.69) is 0 Å². The van der Waals surface area contributed by atoms with Crippen LogP contribution < -0.4 is 0 Å². The minimum atomic E-state index is -2.17. The molecule has 2 saturated carbocycles. The Kier molecular flexibility index (Phi) is 25.4. The Labute approximate surface area is 333 Å². The Morgan fingerprint density at radius 1 is 0.474 bits per heavy atom. The number of carbonyl (C=O) groups excluding carboxylic acids is 2. The van der Waals surface area contributed by atoms with E-state index in [1.54, 1.807) is 0 Å². The molecule has 21 nitrogen and oxygen atoms in total. The van der Waals surface area contributed by atoms with Gasteiger partial charge in [-0.1, -0.05) is 0 Å². The quantitative estimate of drug-likeness (QED) is 0.128. The van der Waals surface area contributed by atoms with Gasteiger partial charge < -0.3 is 91.5 Å². The highest BCUT2D eigenvalue weighted by Gasteiger charge is 2.58. The Morgan fingerprint density at radius 2 is 0.789 bits per heavy atom. The van der Waals surface area contributed by atoms with Crippen LogP contribution in [0.5, 0.6) is 0 Å². The number of hydrogen-bond acceptors (Lipinski definition) is 21. The van der Waals surface area contributed by atoms with Gasteiger partial charge in [-0.15, -0.1) is 0 Å². The molecule has 0 spiro atoms. The lowest BCUT2D eigenvalue weighted by Crippen LogP contribution is -2.65. The molecule has 3 rings (SSSR count). The number of rotatable bonds is 14. The van der Waals surface area contributed by atoms with Gasteiger partial charge in [0, 0.05) is 27.1 Å². The molecule has 1 aliphatic heterocycles. The van der Waals surface area contributed by atoms with E-state index >= 15 is 0 Å². The largest absolute Gasteiger partial charge is 0.390 e. The third-order valence-corrected chi connectivity index (χ3v) is 8.92. The Hall–Kier alpha value is -1.42. The maximum absolute atomic E-state index is 13.8. The summed E-state index contributed by atoms with van der Waals surface area (Å²) in [5, 5.41) is 43.5. The van der Waals surface area contributed by atoms with Crippen molar-refractivity contribution in [2.45, 2.75) is 61.0 Å². The van der Waals surface area contributed by atoms with Gasteiger partial charge in [0.15, 0.2) is 0 Å². The Balaban J connectivity index is 1.65. The summed E-state index contributed by atoms with van der Waals surface area (Å²) in [6.07, 6.45) is -9.26. The van der Waals surface area contributed by atoms with Gasteiger partial charge >= 0.3 is 0 Å². The summed E-state index contributed by atoms with van der Waals surface area (Å²) in [6, 6.07) is 0. The molecule has 3 aliphatic rings. The van der Waals surface area contributed by atoms with Crippen LogP contribution in [0, 0.1) is 0 Å². The van der Waals surface area contributed by atoms with Gasteiger partial charge in [-0.05, 0) is 0 Å². The van der Waals surface area contributed by atoms with Crippen molar-refractivity contribution < 1.29 is 101 Å². The number of aliphatic hydroxyl groups is 4. The van der Waals surface area contributed by atoms with Crippen LogP contribution >= 0.6 is 0 Å². The molecular weight excluding hydrogens is 768 g/mol. The number of aliphatic hydroxyl groups excluding tert-OH is 4. The zero-order valence-corrected chi connectivity index (χ0v) is 33.2. The molecule has 1 saturated heterocycles. The molecule has 0 radical (unpaired) electrons. The van der Waals surface area contributed by atoms with Crippen molar-refractivity contribution in [1.29, 1.82) is 0 Å². The highest BCUT2D eigenvalue weighted by atomic mass is 16.7. The van der Waals surface area contributed by atoms with Crippen LogP contribution in [-0.2, 0) is 80.6 Å². The molecule has 0 amide bonds. The molecule has 0 aromatic heterocycles. The fourth-order valence-corrected chi connectivity index (χ4v) is 6.04. The fourth-order valence-electron chi connectivity index (χ4n) is 6.04. The number of carbonyl (C=O) groups is 2. The van der Waals surface area contributed by atoms with E-state index in [1.165, 1.54) is 14.2 Å². The van der Waals surface area contributed by atoms with E-state index in [1.807, 2.05) is 0 Å². The summed E-state index contributed by atoms with van der Waals surface area (Å²) in [6.45, 7) is 2.00. The van der Waals surface area contributed by atoms with E-state index < -0.39 is 59.8 Å². The van der Waals surface area contributed by atoms with Gasteiger partial charge in [-0.3, -0.25) is 9.59 Å². The molecule has 0 aromatic rings. The number of ketones is 2. The van der Waals surface area contributed by atoms with Crippen molar-refractivity contribution in [2.75, 3.05) is 160 Å². The molecule has 21 heteroatoms. The minimum Gasteiger partial charge on any atom is -0.390 e. The first kappa shape index (κ1) is 49.9. The lowest BCUT2D eigenvalue weighted by Gasteiger charge is -2.43. The Morgan fingerprint density at radius 3 is 1.14 bits per heavy atom. The Bertz CT molecular complexity index is 993. The summed E-state index contributed by atoms with van der Waals surface area (Å²) in [7, 11) is 3.06. The van der Waals surface area contributed by atoms with Gasteiger partial charge in [0.05, 0.1) is 158 Å². The predicted octanol–water partition coefficient (Wildman–Crippen LogP) is -2.97. The highest BCUT2D eigenvalue weighted by Crippen LogP contribution is 2.34. The molecule has 4 bridgehead atoms. The first-order valence-corrected chi connectivity index (χ1v) is 19.4. The summed E-state index contributed by atoms with van der Waals surface area (Å²) in [5.41, 5.74) is 0. The SMILES string of the molecule is COCCOCCOC12OCCOCCOCCOCCOCCOC3(OCCOCCOC)C(=O)[C@H](OCCOCCO[C@H](C1=O)[C@H](O)C[C@H]2O)C(O)C[C@@H]3O. The van der Waals surface area contributed by atoms with E-state index in [0.29, 0.717) is 13.2 Å². The molecule has 334 valence electrons. The van der Waals surface area contributed by atoms with Crippen LogP contribution in [-0.4, -0.2) is 240 Å². The van der Waals surface area contributed by atoms with E-state index in [0.717, 1.165) is 0 Å². The van der Waals surface area contributed by atoms with Crippen LogP contribution in [0.1, 0.15) is 12.8 Å². The van der Waals surface area contributed by atoms with Crippen LogP contribution in [0.15, 0.2) is 0 Å². The van der Waals surface area contributed by atoms with Crippen molar-refractivity contribution in [3.8, 4) is 0 Å². The smallest absolute Gasteiger partial charge is 0.259 e. The number of hydrogen-bond donors (Lipinski definition) is 4. The number of methoxy groups -OCH3 is 2. The standard InChI is InChI=1S/C36H64O21/c1-43-3-5-45-15-21-54-35-29(39)25-27(37)31(33(35)41)52-19-13-51-14-20-53-32-28(38)26-30(40)36(34(32)42,55-22-16-46-6-4-44-2)57-24-18-50-12-10-48-8-7-47-9-11-49-17-23-56-35/h27-32,37-40H,3-26H2,1-2H3/t27-,28?,29-,30+,31+,32-,35?,36?/m1/s1. The molecule has 3 fully saturated rings. The van der Waals surface area contributed by atoms with Crippen molar-refractivity contribution >= 4 is 11.6 Å². The maximum atomic E-state index is 13.8. The minimum absolute atomic E-state index is 0.0410. The number of ether oxygens (including phenoxy) is 15. The topological polar surface area (TPSA) is 254 Å². The number of fused-ring (bicyclic) bond motifs is 4. The first-order chi connectivity index (χ1) is 27.7. The highest BCUT2D eigenvalue weighted by molar-refractivity contribution is 5.92. The third kappa shape index (κ3) is 16.5. The van der Waals surface area contributed by atoms with E-state index in [-0.39, 0.29) is 145 Å². The monoisotopic (exact) mass is 832 g/mol. The zero-order valence-electron chi connectivity index (χ0n) is 33.2. The molecule has 3 unspecified atom stereocenters. The van der Waals surface area contributed by atoms with Gasteiger partial charge in [-0.25, -0.2) is 0 Å². The summed E-state index contributed by atoms with van der Waals surface area (Å²) >= 11 is 0. The second-order valence-electron chi connectivity index (χ2n) is 13.0. The molecule has 1 heterocycles. The van der Waals surface area contributed by atoms with Crippen molar-refractivity contribution in [1.82, 2.24) is 0 Å². The average Bonchev–Trinajstić information content (AvgIpc) is 3.19. The van der Waals surface area contributed by atoms with Gasteiger partial charge in [0.2, 0.25) is 11.6 Å². The third-order valence-electron chi connectivity index (χ3n) is 8.92. The summed E-state index contributed by atoms with van der Waals surface area (Å²) in [5.74, 6) is -6.00. The summed E-state index contributed by atoms with van der Waals surface area (Å²) < 4.78 is 83.4. The van der Waals surface area contributed by atoms with Crippen molar-refractivity contribution in [3.63, 3.8) is 0 Å². The van der Waals surface area contributed by atoms with Crippen LogP contribution in [0.2, 0.25) is 0 Å². The second-order valence-corrected chi connectivity index (χ2v) is 13.0. The summed E-state index contributed by atoms with van der Waals surface area (Å²) in [4.78, 5) is 27.6. The molecule has 57 heavy (non-hydrogen) atoms. The molecule has 2 aliphatic carbocycles. The van der Waals surface area contributed by atoms with Gasteiger partial charge in [-0.2, -0.15) is 0 Å². The molecule has 4 N–H and O–H groups in total. The normalized spacial score (nSPS) is 33.2. The second kappa shape index (κ2) is 28.9. The molecule has 8 atom stereocenters. The first-order valence-electron chi connectivity index (χ1n) is 19.4. The van der Waals surface area contributed by atoms with Crippen LogP contribution in [0.3, 0.4) is 0 Å². The van der Waals surface area contributed by atoms with E-state index in [4.69, 9.17) is 71.1 Å². The predicted molar refractivity (Wildman–Crippen MR) is 192 cm³/mol. The lowest BCUT2D eigenvalue weighted by atomic mass is 9.85. The van der Waals surface area contributed by atoms with Gasteiger partial charge in [0.1, 0.15) is 24.4 Å². The number of Topliss-reactive ketones (excluding diaryl/α,β-unsaturated/α-hetero) is 2. The lowest BCUT2D eigenvalue weighted by molar-refractivity contribution is -0.294. The van der Waals surface area contributed by atoms with Crippen LogP contribution in [0.4, 0.5) is 0 Å². The molecule has 0 aromatic carbocycles. The van der Waals surface area contributed by atoms with Crippen LogP contribution in [0.25, 0.3) is 0 Å². The fraction of sp³-hybridized carbons (Fsp3) is 0.944. The maximum Gasteiger partial charge on any atom is 0.259 e. The van der Waals surface area contributed by atoms with Crippen molar-refractivity contribution in [2.24, 2.45) is 0 Å². The average molecular weight is 833 g/mol. The van der Waals surface area contributed by atoms with E-state index in [9.17, 15) is 30.0 Å². The van der Waals surface area contributed by atoms with Gasteiger partial charge in [0.25, 0.3) is 11.6 Å².